The summed E-state index contributed by atoms with van der Waals surface area (Å²) in [5.74, 6) is -1.66. The molecule has 0 radical (unpaired) electrons. The third-order valence-electron chi connectivity index (χ3n) is 3.34. The number of hydrogen-bond donors (Lipinski definition) is 3. The summed E-state index contributed by atoms with van der Waals surface area (Å²) in [5.41, 5.74) is 0.213. The van der Waals surface area contributed by atoms with E-state index >= 15 is 0 Å². The third-order valence-corrected chi connectivity index (χ3v) is 4.87. The smallest absolute Gasteiger partial charge is 0.326 e. The molecule has 0 aromatic heterocycles. The number of carboxylic acid groups (broad SMARTS) is 1. The van der Waals surface area contributed by atoms with E-state index in [2.05, 4.69) is 10.0 Å². The zero-order valence-electron chi connectivity index (χ0n) is 12.1. The van der Waals surface area contributed by atoms with E-state index in [9.17, 15) is 18.0 Å². The fraction of sp³-hybridized carbons (Fsp3) is 0.429. The highest BCUT2D eigenvalue weighted by molar-refractivity contribution is 7.89. The van der Waals surface area contributed by atoms with E-state index in [-0.39, 0.29) is 22.9 Å². The molecule has 120 valence electrons. The van der Waals surface area contributed by atoms with Crippen LogP contribution in [0.25, 0.3) is 0 Å². The van der Waals surface area contributed by atoms with Gasteiger partial charge in [-0.2, -0.15) is 0 Å². The van der Waals surface area contributed by atoms with Gasteiger partial charge in [0.1, 0.15) is 6.04 Å². The molecule has 0 saturated heterocycles. The first-order valence-electron chi connectivity index (χ1n) is 6.99. The number of amides is 1. The van der Waals surface area contributed by atoms with Gasteiger partial charge in [-0.25, -0.2) is 17.9 Å². The molecule has 0 bridgehead atoms. The Bertz CT molecular complexity index is 665. The van der Waals surface area contributed by atoms with Crippen LogP contribution in [0.1, 0.15) is 36.5 Å². The minimum atomic E-state index is -3.56. The summed E-state index contributed by atoms with van der Waals surface area (Å²) in [6.45, 7) is 1.65. The molecule has 1 amide bonds. The number of hydrogen-bond acceptors (Lipinski definition) is 4. The number of sulfonamides is 1. The van der Waals surface area contributed by atoms with Crippen molar-refractivity contribution in [2.24, 2.45) is 0 Å². The molecule has 0 aliphatic heterocycles. The normalized spacial score (nSPS) is 16.0. The Balaban J connectivity index is 2.07. The molecule has 1 saturated carbocycles. The number of carbonyl (C=O) groups is 2. The molecule has 0 heterocycles. The van der Waals surface area contributed by atoms with Crippen LogP contribution in [0.2, 0.25) is 0 Å². The minimum Gasteiger partial charge on any atom is -0.480 e. The molecule has 1 unspecified atom stereocenters. The van der Waals surface area contributed by atoms with Crippen LogP contribution in [0, 0.1) is 0 Å². The van der Waals surface area contributed by atoms with Crippen LogP contribution in [-0.4, -0.2) is 37.5 Å². The van der Waals surface area contributed by atoms with Crippen molar-refractivity contribution < 1.29 is 23.1 Å². The van der Waals surface area contributed by atoms with Crippen LogP contribution in [0.4, 0.5) is 0 Å². The van der Waals surface area contributed by atoms with Gasteiger partial charge in [0.2, 0.25) is 10.0 Å². The van der Waals surface area contributed by atoms with E-state index in [4.69, 9.17) is 5.11 Å². The van der Waals surface area contributed by atoms with Crippen molar-refractivity contribution in [3.05, 3.63) is 29.8 Å². The van der Waals surface area contributed by atoms with E-state index in [0.29, 0.717) is 0 Å². The average Bonchev–Trinajstić information content (AvgIpc) is 3.27. The largest absolute Gasteiger partial charge is 0.480 e. The van der Waals surface area contributed by atoms with Gasteiger partial charge >= 0.3 is 5.97 Å². The van der Waals surface area contributed by atoms with Crippen molar-refractivity contribution in [3.8, 4) is 0 Å². The van der Waals surface area contributed by atoms with E-state index in [1.165, 1.54) is 24.3 Å². The van der Waals surface area contributed by atoms with Crippen LogP contribution in [-0.2, 0) is 14.8 Å². The predicted octanol–water partition coefficient (Wildman–Crippen LogP) is 0.720. The molecule has 22 heavy (non-hydrogen) atoms. The summed E-state index contributed by atoms with van der Waals surface area (Å²) in [6, 6.07) is 4.45. The van der Waals surface area contributed by atoms with E-state index in [0.717, 1.165) is 12.8 Å². The summed E-state index contributed by atoms with van der Waals surface area (Å²) < 4.78 is 26.5. The van der Waals surface area contributed by atoms with Gasteiger partial charge in [-0.3, -0.25) is 4.79 Å². The molecular formula is C14H18N2O5S. The minimum absolute atomic E-state index is 0.00820. The Kier molecular flexibility index (Phi) is 4.82. The molecule has 1 aromatic rings. The van der Waals surface area contributed by atoms with Gasteiger partial charge in [0, 0.05) is 11.6 Å². The first-order valence-corrected chi connectivity index (χ1v) is 8.48. The van der Waals surface area contributed by atoms with E-state index in [1.807, 2.05) is 0 Å². The standard InChI is InChI=1S/C14H18N2O5S/c1-2-12(14(18)19)15-13(17)9-3-7-11(8-4-9)22(20,21)16-10-5-6-10/h3-4,7-8,10,12,16H,2,5-6H2,1H3,(H,15,17)(H,18,19). The molecule has 2 rings (SSSR count). The SMILES string of the molecule is CCC(NC(=O)c1ccc(S(=O)(=O)NC2CC2)cc1)C(=O)O. The average molecular weight is 326 g/mol. The Morgan fingerprint density at radius 3 is 2.32 bits per heavy atom. The summed E-state index contributed by atoms with van der Waals surface area (Å²) in [5, 5.41) is 11.3. The second kappa shape index (κ2) is 6.45. The second-order valence-electron chi connectivity index (χ2n) is 5.19. The maximum Gasteiger partial charge on any atom is 0.326 e. The van der Waals surface area contributed by atoms with Crippen molar-refractivity contribution in [1.29, 1.82) is 0 Å². The van der Waals surface area contributed by atoms with E-state index in [1.54, 1.807) is 6.92 Å². The highest BCUT2D eigenvalue weighted by atomic mass is 32.2. The zero-order valence-corrected chi connectivity index (χ0v) is 12.9. The molecule has 1 fully saturated rings. The quantitative estimate of drug-likeness (QED) is 0.683. The van der Waals surface area contributed by atoms with Gasteiger partial charge in [-0.1, -0.05) is 6.92 Å². The van der Waals surface area contributed by atoms with Crippen LogP contribution in [0.15, 0.2) is 29.2 Å². The van der Waals surface area contributed by atoms with Gasteiger partial charge in [0.15, 0.2) is 0 Å². The summed E-state index contributed by atoms with van der Waals surface area (Å²) in [7, 11) is -3.56. The van der Waals surface area contributed by atoms with Crippen molar-refractivity contribution in [2.45, 2.75) is 43.2 Å². The molecule has 1 aliphatic carbocycles. The number of aliphatic carboxylic acids is 1. The lowest BCUT2D eigenvalue weighted by atomic mass is 10.1. The number of benzene rings is 1. The monoisotopic (exact) mass is 326 g/mol. The Hall–Kier alpha value is -1.93. The highest BCUT2D eigenvalue weighted by Gasteiger charge is 2.28. The molecule has 1 aliphatic rings. The molecule has 8 heteroatoms. The lowest BCUT2D eigenvalue weighted by Crippen LogP contribution is -2.40. The van der Waals surface area contributed by atoms with Gasteiger partial charge in [0.25, 0.3) is 5.91 Å². The molecular weight excluding hydrogens is 308 g/mol. The Morgan fingerprint density at radius 2 is 1.86 bits per heavy atom. The Morgan fingerprint density at radius 1 is 1.27 bits per heavy atom. The zero-order chi connectivity index (χ0) is 16.3. The van der Waals surface area contributed by atoms with Gasteiger partial charge in [-0.15, -0.1) is 0 Å². The van der Waals surface area contributed by atoms with Crippen LogP contribution in [0.3, 0.4) is 0 Å². The topological polar surface area (TPSA) is 113 Å². The fourth-order valence-electron chi connectivity index (χ4n) is 1.85. The van der Waals surface area contributed by atoms with Gasteiger partial charge < -0.3 is 10.4 Å². The van der Waals surface area contributed by atoms with Crippen LogP contribution >= 0.6 is 0 Å². The first-order chi connectivity index (χ1) is 10.3. The number of nitrogens with one attached hydrogen (secondary N) is 2. The first kappa shape index (κ1) is 16.4. The predicted molar refractivity (Wildman–Crippen MR) is 79.0 cm³/mol. The van der Waals surface area contributed by atoms with Crippen molar-refractivity contribution in [2.75, 3.05) is 0 Å². The van der Waals surface area contributed by atoms with Crippen molar-refractivity contribution >= 4 is 21.9 Å². The molecule has 1 aromatic carbocycles. The van der Waals surface area contributed by atoms with Gasteiger partial charge in [-0.05, 0) is 43.5 Å². The van der Waals surface area contributed by atoms with Crippen LogP contribution < -0.4 is 10.0 Å². The van der Waals surface area contributed by atoms with Crippen molar-refractivity contribution in [1.82, 2.24) is 10.0 Å². The Labute approximate surface area is 128 Å². The molecule has 0 spiro atoms. The molecule has 3 N–H and O–H groups in total. The van der Waals surface area contributed by atoms with Gasteiger partial charge in [0.05, 0.1) is 4.90 Å². The van der Waals surface area contributed by atoms with E-state index < -0.39 is 27.9 Å². The molecule has 1 atom stereocenters. The number of carboxylic acids is 1. The van der Waals surface area contributed by atoms with Crippen LogP contribution in [0.5, 0.6) is 0 Å². The third kappa shape index (κ3) is 4.05. The molecule has 7 nitrogen and oxygen atoms in total. The number of rotatable bonds is 7. The summed E-state index contributed by atoms with van der Waals surface area (Å²) >= 11 is 0. The summed E-state index contributed by atoms with van der Waals surface area (Å²) in [4.78, 5) is 22.9. The number of carbonyl (C=O) groups excluding carboxylic acids is 1. The fourth-order valence-corrected chi connectivity index (χ4v) is 3.16. The maximum absolute atomic E-state index is 12.0. The second-order valence-corrected chi connectivity index (χ2v) is 6.91. The lowest BCUT2D eigenvalue weighted by Gasteiger charge is -2.12. The highest BCUT2D eigenvalue weighted by Crippen LogP contribution is 2.22. The van der Waals surface area contributed by atoms with Crippen molar-refractivity contribution in [3.63, 3.8) is 0 Å². The summed E-state index contributed by atoms with van der Waals surface area (Å²) in [6.07, 6.45) is 1.94. The lowest BCUT2D eigenvalue weighted by molar-refractivity contribution is -0.139. The maximum atomic E-state index is 12.0.